The number of hydrogen-bond acceptors (Lipinski definition) is 6. The van der Waals surface area contributed by atoms with Crippen molar-refractivity contribution in [3.05, 3.63) is 42.0 Å². The Labute approximate surface area is 154 Å². The Morgan fingerprint density at radius 1 is 0.808 bits per heavy atom. The van der Waals surface area contributed by atoms with E-state index in [4.69, 9.17) is 18.9 Å². The van der Waals surface area contributed by atoms with Crippen molar-refractivity contribution < 1.29 is 27.4 Å². The molecule has 2 aromatic rings. The molecule has 0 N–H and O–H groups in total. The zero-order valence-electron chi connectivity index (χ0n) is 15.5. The molecule has 8 heteroatoms. The first-order valence-electron chi connectivity index (χ1n) is 7.76. The number of methoxy groups -OCH3 is 4. The van der Waals surface area contributed by atoms with Gasteiger partial charge in [-0.15, -0.1) is 0 Å². The van der Waals surface area contributed by atoms with Crippen LogP contribution in [0.4, 0.5) is 0 Å². The molecule has 0 bridgehead atoms. The summed E-state index contributed by atoms with van der Waals surface area (Å²) in [7, 11) is 3.80. The van der Waals surface area contributed by atoms with Gasteiger partial charge >= 0.3 is 0 Å². The number of benzene rings is 2. The fourth-order valence-corrected chi connectivity index (χ4v) is 3.65. The Balaban J connectivity index is 2.35. The van der Waals surface area contributed by atoms with Crippen LogP contribution in [0, 0.1) is 0 Å². The zero-order valence-corrected chi connectivity index (χ0v) is 16.3. The Morgan fingerprint density at radius 3 is 2.00 bits per heavy atom. The van der Waals surface area contributed by atoms with Crippen LogP contribution < -0.4 is 18.9 Å². The minimum Gasteiger partial charge on any atom is -0.497 e. The van der Waals surface area contributed by atoms with Gasteiger partial charge in [0, 0.05) is 25.2 Å². The summed E-state index contributed by atoms with van der Waals surface area (Å²) in [5, 5.41) is 0. The van der Waals surface area contributed by atoms with Gasteiger partial charge in [-0.1, -0.05) is 0 Å². The number of ether oxygens (including phenoxy) is 4. The third-order valence-electron chi connectivity index (χ3n) is 3.94. The van der Waals surface area contributed by atoms with Crippen LogP contribution in [0.1, 0.15) is 5.56 Å². The monoisotopic (exact) mass is 381 g/mol. The third-order valence-corrected chi connectivity index (χ3v) is 5.74. The van der Waals surface area contributed by atoms with Gasteiger partial charge in [0.25, 0.3) is 0 Å². The van der Waals surface area contributed by atoms with E-state index in [1.807, 2.05) is 0 Å². The summed E-state index contributed by atoms with van der Waals surface area (Å²) in [5.41, 5.74) is 0.693. The minimum atomic E-state index is -3.74. The molecule has 0 radical (unpaired) electrons. The smallest absolute Gasteiger partial charge is 0.243 e. The summed E-state index contributed by atoms with van der Waals surface area (Å²) >= 11 is 0. The van der Waals surface area contributed by atoms with Crippen molar-refractivity contribution >= 4 is 10.0 Å². The maximum Gasteiger partial charge on any atom is 0.243 e. The molecule has 0 saturated heterocycles. The standard InChI is InChI=1S/C18H23NO6S/c1-19(12-13-10-14(22-2)6-8-16(13)23-3)26(20,21)15-7-9-17(24-4)18(11-15)25-5/h6-11H,12H2,1-5H3. The SMILES string of the molecule is COc1ccc(OC)c(CN(C)S(=O)(=O)c2ccc(OC)c(OC)c2)c1. The molecule has 0 aliphatic heterocycles. The molecule has 2 aromatic carbocycles. The molecule has 0 amide bonds. The average molecular weight is 381 g/mol. The van der Waals surface area contributed by atoms with E-state index in [-0.39, 0.29) is 11.4 Å². The third kappa shape index (κ3) is 4.03. The lowest BCUT2D eigenvalue weighted by Gasteiger charge is -2.20. The zero-order chi connectivity index (χ0) is 19.3. The van der Waals surface area contributed by atoms with Crippen molar-refractivity contribution in [3.63, 3.8) is 0 Å². The van der Waals surface area contributed by atoms with Crippen molar-refractivity contribution in [2.24, 2.45) is 0 Å². The van der Waals surface area contributed by atoms with E-state index in [1.165, 1.54) is 44.8 Å². The molecule has 0 saturated carbocycles. The molecule has 142 valence electrons. The van der Waals surface area contributed by atoms with Crippen LogP contribution in [0.15, 0.2) is 41.3 Å². The fourth-order valence-electron chi connectivity index (χ4n) is 2.49. The highest BCUT2D eigenvalue weighted by molar-refractivity contribution is 7.89. The van der Waals surface area contributed by atoms with E-state index >= 15 is 0 Å². The summed E-state index contributed by atoms with van der Waals surface area (Å²) in [6, 6.07) is 9.73. The molecule has 0 fully saturated rings. The van der Waals surface area contributed by atoms with E-state index in [1.54, 1.807) is 31.4 Å². The summed E-state index contributed by atoms with van der Waals surface area (Å²) in [5.74, 6) is 2.02. The molecular formula is C18H23NO6S. The van der Waals surface area contributed by atoms with Crippen molar-refractivity contribution in [2.75, 3.05) is 35.5 Å². The fraction of sp³-hybridized carbons (Fsp3) is 0.333. The number of rotatable bonds is 8. The molecule has 0 spiro atoms. The molecule has 0 aliphatic carbocycles. The Bertz CT molecular complexity index is 866. The molecule has 7 nitrogen and oxygen atoms in total. The second kappa shape index (κ2) is 8.29. The van der Waals surface area contributed by atoms with Crippen LogP contribution in [0.25, 0.3) is 0 Å². The molecule has 0 atom stereocenters. The van der Waals surface area contributed by atoms with Crippen LogP contribution in [0.3, 0.4) is 0 Å². The second-order valence-corrected chi connectivity index (χ2v) is 7.50. The molecule has 0 unspecified atom stereocenters. The van der Waals surface area contributed by atoms with Gasteiger partial charge in [-0.25, -0.2) is 8.42 Å². The van der Waals surface area contributed by atoms with E-state index in [2.05, 4.69) is 0 Å². The van der Waals surface area contributed by atoms with Gasteiger partial charge in [0.15, 0.2) is 11.5 Å². The number of sulfonamides is 1. The van der Waals surface area contributed by atoms with Crippen LogP contribution in [0.2, 0.25) is 0 Å². The molecular weight excluding hydrogens is 358 g/mol. The van der Waals surface area contributed by atoms with Crippen LogP contribution >= 0.6 is 0 Å². The van der Waals surface area contributed by atoms with Gasteiger partial charge in [-0.2, -0.15) is 4.31 Å². The summed E-state index contributed by atoms with van der Waals surface area (Å²) in [6.07, 6.45) is 0. The first kappa shape index (κ1) is 19.9. The van der Waals surface area contributed by atoms with Gasteiger partial charge in [0.05, 0.1) is 33.3 Å². The Hall–Kier alpha value is -2.45. The van der Waals surface area contributed by atoms with Gasteiger partial charge in [-0.3, -0.25) is 0 Å². The Kier molecular flexibility index (Phi) is 6.33. The summed E-state index contributed by atoms with van der Waals surface area (Å²) in [6.45, 7) is 0.122. The highest BCUT2D eigenvalue weighted by Crippen LogP contribution is 2.31. The van der Waals surface area contributed by atoms with E-state index in [0.717, 1.165) is 0 Å². The van der Waals surface area contributed by atoms with Crippen molar-refractivity contribution in [1.82, 2.24) is 4.31 Å². The largest absolute Gasteiger partial charge is 0.497 e. The predicted octanol–water partition coefficient (Wildman–Crippen LogP) is 2.54. The lowest BCUT2D eigenvalue weighted by Crippen LogP contribution is -2.26. The van der Waals surface area contributed by atoms with Gasteiger partial charge < -0.3 is 18.9 Å². The maximum absolute atomic E-state index is 12.9. The predicted molar refractivity (Wildman–Crippen MR) is 97.7 cm³/mol. The maximum atomic E-state index is 12.9. The summed E-state index contributed by atoms with van der Waals surface area (Å²) < 4.78 is 47.9. The number of nitrogens with zero attached hydrogens (tertiary/aromatic N) is 1. The van der Waals surface area contributed by atoms with Crippen molar-refractivity contribution in [2.45, 2.75) is 11.4 Å². The van der Waals surface area contributed by atoms with Gasteiger partial charge in [0.2, 0.25) is 10.0 Å². The minimum absolute atomic E-state index is 0.111. The van der Waals surface area contributed by atoms with Crippen LogP contribution in [-0.4, -0.2) is 48.2 Å². The normalized spacial score (nSPS) is 11.3. The molecule has 0 heterocycles. The second-order valence-electron chi connectivity index (χ2n) is 5.46. The van der Waals surface area contributed by atoms with Gasteiger partial charge in [-0.05, 0) is 30.3 Å². The van der Waals surface area contributed by atoms with Crippen molar-refractivity contribution in [3.8, 4) is 23.0 Å². The first-order chi connectivity index (χ1) is 12.4. The van der Waals surface area contributed by atoms with Crippen LogP contribution in [0.5, 0.6) is 23.0 Å². The van der Waals surface area contributed by atoms with E-state index < -0.39 is 10.0 Å². The van der Waals surface area contributed by atoms with E-state index in [9.17, 15) is 8.42 Å². The lowest BCUT2D eigenvalue weighted by atomic mass is 10.2. The summed E-state index contributed by atoms with van der Waals surface area (Å²) in [4.78, 5) is 0.111. The van der Waals surface area contributed by atoms with Crippen molar-refractivity contribution in [1.29, 1.82) is 0 Å². The molecule has 0 aromatic heterocycles. The topological polar surface area (TPSA) is 74.3 Å². The Morgan fingerprint density at radius 2 is 1.42 bits per heavy atom. The highest BCUT2D eigenvalue weighted by Gasteiger charge is 2.24. The number of hydrogen-bond donors (Lipinski definition) is 0. The quantitative estimate of drug-likeness (QED) is 0.700. The first-order valence-corrected chi connectivity index (χ1v) is 9.20. The molecule has 2 rings (SSSR count). The molecule has 26 heavy (non-hydrogen) atoms. The van der Waals surface area contributed by atoms with Gasteiger partial charge in [0.1, 0.15) is 11.5 Å². The average Bonchev–Trinajstić information content (AvgIpc) is 2.66. The van der Waals surface area contributed by atoms with E-state index in [0.29, 0.717) is 28.6 Å². The highest BCUT2D eigenvalue weighted by atomic mass is 32.2. The lowest BCUT2D eigenvalue weighted by molar-refractivity contribution is 0.353. The van der Waals surface area contributed by atoms with Crippen LogP contribution in [-0.2, 0) is 16.6 Å². The molecule has 0 aliphatic rings.